The quantitative estimate of drug-likeness (QED) is 0.884. The van der Waals surface area contributed by atoms with Crippen LogP contribution in [0.25, 0.3) is 0 Å². The summed E-state index contributed by atoms with van der Waals surface area (Å²) in [6.07, 6.45) is 0.860. The topological polar surface area (TPSA) is 46.3 Å². The first-order valence-corrected chi connectivity index (χ1v) is 8.40. The summed E-state index contributed by atoms with van der Waals surface area (Å²) in [5, 5.41) is 0.678. The summed E-state index contributed by atoms with van der Waals surface area (Å²) in [5.41, 5.74) is 7.15. The number of likely N-dealkylation sites (tertiary alicyclic amines) is 1. The number of nitrogens with zero attached hydrogens (tertiary/aromatic N) is 1. The lowest BCUT2D eigenvalue weighted by atomic mass is 9.78. The molecule has 1 saturated heterocycles. The number of benzene rings is 1. The number of hydrogen-bond donors (Lipinski definition) is 1. The molecule has 0 bridgehead atoms. The highest BCUT2D eigenvalue weighted by molar-refractivity contribution is 6.30. The fraction of sp³-hybridized carbons (Fsp3) is 0.611. The Balaban J connectivity index is 0.00000264. The maximum atomic E-state index is 13.1. The van der Waals surface area contributed by atoms with Gasteiger partial charge in [0, 0.05) is 24.2 Å². The van der Waals surface area contributed by atoms with E-state index in [0.29, 0.717) is 5.02 Å². The summed E-state index contributed by atoms with van der Waals surface area (Å²) in [7, 11) is 0. The van der Waals surface area contributed by atoms with Gasteiger partial charge < -0.3 is 10.6 Å². The minimum Gasteiger partial charge on any atom is -0.342 e. The normalized spacial score (nSPS) is 21.7. The van der Waals surface area contributed by atoms with Crippen molar-refractivity contribution in [3.63, 3.8) is 0 Å². The van der Waals surface area contributed by atoms with E-state index in [1.54, 1.807) is 0 Å². The van der Waals surface area contributed by atoms with Gasteiger partial charge in [0.25, 0.3) is 0 Å². The summed E-state index contributed by atoms with van der Waals surface area (Å²) in [5.74, 6) is 0.269. The van der Waals surface area contributed by atoms with E-state index in [-0.39, 0.29) is 41.6 Å². The minimum absolute atomic E-state index is 0. The van der Waals surface area contributed by atoms with E-state index in [2.05, 4.69) is 27.7 Å². The zero-order valence-corrected chi connectivity index (χ0v) is 16.0. The lowest BCUT2D eigenvalue weighted by molar-refractivity contribution is -0.137. The fourth-order valence-corrected chi connectivity index (χ4v) is 3.47. The Hall–Kier alpha value is -0.770. The SMILES string of the molecule is CC(C)C(C(=O)N1CCC(N)C(C)(C)C1)c1cccc(Cl)c1.Cl. The molecule has 1 aromatic rings. The van der Waals surface area contributed by atoms with Crippen LogP contribution in [0.4, 0.5) is 0 Å². The van der Waals surface area contributed by atoms with Crippen LogP contribution >= 0.6 is 24.0 Å². The molecule has 5 heteroatoms. The summed E-state index contributed by atoms with van der Waals surface area (Å²) in [4.78, 5) is 15.1. The highest BCUT2D eigenvalue weighted by Gasteiger charge is 2.38. The van der Waals surface area contributed by atoms with Crippen molar-refractivity contribution < 1.29 is 4.79 Å². The van der Waals surface area contributed by atoms with E-state index < -0.39 is 0 Å². The molecule has 2 atom stereocenters. The third-order valence-electron chi connectivity index (χ3n) is 4.76. The van der Waals surface area contributed by atoms with Crippen LogP contribution in [-0.4, -0.2) is 29.9 Å². The van der Waals surface area contributed by atoms with Crippen LogP contribution in [0.5, 0.6) is 0 Å². The van der Waals surface area contributed by atoms with Crippen LogP contribution in [0.15, 0.2) is 24.3 Å². The molecule has 130 valence electrons. The Labute approximate surface area is 151 Å². The third-order valence-corrected chi connectivity index (χ3v) is 5.00. The van der Waals surface area contributed by atoms with Gasteiger partial charge in [-0.25, -0.2) is 0 Å². The minimum atomic E-state index is -0.149. The van der Waals surface area contributed by atoms with Crippen LogP contribution in [0.1, 0.15) is 45.6 Å². The second-order valence-electron chi connectivity index (χ2n) is 7.42. The van der Waals surface area contributed by atoms with Crippen LogP contribution in [0.2, 0.25) is 5.02 Å². The summed E-state index contributed by atoms with van der Waals surface area (Å²) in [6, 6.07) is 7.81. The molecule has 2 rings (SSSR count). The molecule has 0 aromatic heterocycles. The van der Waals surface area contributed by atoms with Crippen molar-refractivity contribution in [2.24, 2.45) is 17.1 Å². The number of halogens is 2. The molecule has 0 spiro atoms. The third kappa shape index (κ3) is 4.62. The number of rotatable bonds is 3. The zero-order chi connectivity index (χ0) is 16.5. The number of nitrogens with two attached hydrogens (primary N) is 1. The first kappa shape index (κ1) is 20.3. The predicted octanol–water partition coefficient (Wildman–Crippen LogP) is 4.09. The van der Waals surface area contributed by atoms with E-state index >= 15 is 0 Å². The van der Waals surface area contributed by atoms with E-state index in [9.17, 15) is 4.79 Å². The second-order valence-corrected chi connectivity index (χ2v) is 7.86. The van der Waals surface area contributed by atoms with E-state index in [0.717, 1.165) is 25.1 Å². The van der Waals surface area contributed by atoms with Crippen molar-refractivity contribution in [3.8, 4) is 0 Å². The molecule has 1 heterocycles. The van der Waals surface area contributed by atoms with Crippen LogP contribution in [-0.2, 0) is 4.79 Å². The average molecular weight is 359 g/mol. The zero-order valence-electron chi connectivity index (χ0n) is 14.4. The standard InChI is InChI=1S/C18H27ClN2O.ClH/c1-12(2)16(13-6-5-7-14(19)10-13)17(22)21-9-8-15(20)18(3,4)11-21;/h5-7,10,12,15-16H,8-9,11,20H2,1-4H3;1H. The van der Waals surface area contributed by atoms with E-state index in [4.69, 9.17) is 17.3 Å². The highest BCUT2D eigenvalue weighted by atomic mass is 35.5. The van der Waals surface area contributed by atoms with Gasteiger partial charge >= 0.3 is 0 Å². The van der Waals surface area contributed by atoms with Crippen LogP contribution in [0.3, 0.4) is 0 Å². The van der Waals surface area contributed by atoms with Gasteiger partial charge in [0.2, 0.25) is 5.91 Å². The molecule has 0 radical (unpaired) electrons. The lowest BCUT2D eigenvalue weighted by Gasteiger charge is -2.44. The number of hydrogen-bond acceptors (Lipinski definition) is 2. The monoisotopic (exact) mass is 358 g/mol. The Morgan fingerprint density at radius 2 is 2.04 bits per heavy atom. The largest absolute Gasteiger partial charge is 0.342 e. The first-order valence-electron chi connectivity index (χ1n) is 8.02. The van der Waals surface area contributed by atoms with Gasteiger partial charge in [-0.3, -0.25) is 4.79 Å². The van der Waals surface area contributed by atoms with Crippen molar-refractivity contribution >= 4 is 29.9 Å². The Kier molecular flexibility index (Phi) is 6.94. The fourth-order valence-electron chi connectivity index (χ4n) is 3.27. The smallest absolute Gasteiger partial charge is 0.230 e. The molecule has 3 nitrogen and oxygen atoms in total. The summed E-state index contributed by atoms with van der Waals surface area (Å²) < 4.78 is 0. The molecule has 1 aliphatic rings. The predicted molar refractivity (Wildman–Crippen MR) is 99.2 cm³/mol. The molecule has 0 saturated carbocycles. The van der Waals surface area contributed by atoms with Crippen molar-refractivity contribution in [1.82, 2.24) is 4.90 Å². The number of carbonyl (C=O) groups excluding carboxylic acids is 1. The van der Waals surface area contributed by atoms with Gasteiger partial charge in [-0.15, -0.1) is 12.4 Å². The number of piperidine rings is 1. The molecule has 0 aliphatic carbocycles. The highest BCUT2D eigenvalue weighted by Crippen LogP contribution is 2.33. The molecular formula is C18H28Cl2N2O. The van der Waals surface area contributed by atoms with Crippen molar-refractivity contribution in [2.45, 2.75) is 46.1 Å². The molecule has 2 unspecified atom stereocenters. The number of amides is 1. The van der Waals surface area contributed by atoms with Gasteiger partial charge in [-0.05, 0) is 35.4 Å². The molecule has 1 amide bonds. The average Bonchev–Trinajstić information content (AvgIpc) is 2.41. The van der Waals surface area contributed by atoms with Gasteiger partial charge in [0.15, 0.2) is 0 Å². The molecule has 2 N–H and O–H groups in total. The van der Waals surface area contributed by atoms with E-state index in [1.165, 1.54) is 0 Å². The number of carbonyl (C=O) groups is 1. The maximum Gasteiger partial charge on any atom is 0.230 e. The molecular weight excluding hydrogens is 331 g/mol. The van der Waals surface area contributed by atoms with Gasteiger partial charge in [-0.1, -0.05) is 51.4 Å². The van der Waals surface area contributed by atoms with Crippen LogP contribution in [0, 0.1) is 11.3 Å². The van der Waals surface area contributed by atoms with Crippen molar-refractivity contribution in [1.29, 1.82) is 0 Å². The Morgan fingerprint density at radius 3 is 2.57 bits per heavy atom. The molecule has 23 heavy (non-hydrogen) atoms. The van der Waals surface area contributed by atoms with Gasteiger partial charge in [0.05, 0.1) is 5.92 Å². The molecule has 1 aromatic carbocycles. The second kappa shape index (κ2) is 7.87. The molecule has 1 aliphatic heterocycles. The summed E-state index contributed by atoms with van der Waals surface area (Å²) in [6.45, 7) is 9.92. The lowest BCUT2D eigenvalue weighted by Crippen LogP contribution is -2.55. The van der Waals surface area contributed by atoms with Gasteiger partial charge in [-0.2, -0.15) is 0 Å². The van der Waals surface area contributed by atoms with Crippen molar-refractivity contribution in [2.75, 3.05) is 13.1 Å². The Bertz CT molecular complexity index is 546. The first-order chi connectivity index (χ1) is 10.2. The van der Waals surface area contributed by atoms with E-state index in [1.807, 2.05) is 29.2 Å². The summed E-state index contributed by atoms with van der Waals surface area (Å²) >= 11 is 6.11. The Morgan fingerprint density at radius 1 is 1.39 bits per heavy atom. The molecule has 1 fully saturated rings. The maximum absolute atomic E-state index is 13.1. The van der Waals surface area contributed by atoms with Crippen molar-refractivity contribution in [3.05, 3.63) is 34.9 Å². The van der Waals surface area contributed by atoms with Crippen LogP contribution < -0.4 is 5.73 Å². The van der Waals surface area contributed by atoms with Gasteiger partial charge in [0.1, 0.15) is 0 Å².